The number of carbonyl (C=O) groups is 1. The van der Waals surface area contributed by atoms with E-state index >= 15 is 0 Å². The molecule has 0 fully saturated rings. The normalized spacial score (nSPS) is 17.8. The summed E-state index contributed by atoms with van der Waals surface area (Å²) in [6.45, 7) is 3.14. The first-order valence-electron chi connectivity index (χ1n) is 4.08. The molecule has 2 unspecified atom stereocenters. The third kappa shape index (κ3) is 7.26. The van der Waals surface area contributed by atoms with E-state index in [1.165, 1.54) is 6.66 Å². The highest BCUT2D eigenvalue weighted by atomic mass is 32.2. The monoisotopic (exact) mass is 225 g/mol. The molecule has 0 aliphatic heterocycles. The molecule has 0 amide bonds. The highest BCUT2D eigenvalue weighted by Gasteiger charge is 2.17. The molecular formula is C7H16NO3PS. The fourth-order valence-electron chi connectivity index (χ4n) is 0.746. The minimum Gasteiger partial charge on any atom is -0.344 e. The summed E-state index contributed by atoms with van der Waals surface area (Å²) in [5.41, 5.74) is 5.51. The summed E-state index contributed by atoms with van der Waals surface area (Å²) in [4.78, 5) is 20.1. The molecule has 2 atom stereocenters. The second kappa shape index (κ2) is 5.81. The van der Waals surface area contributed by atoms with Gasteiger partial charge in [0.1, 0.15) is 0 Å². The Morgan fingerprint density at radius 3 is 2.62 bits per heavy atom. The Bertz CT molecular complexity index is 216. The van der Waals surface area contributed by atoms with Gasteiger partial charge in [0.2, 0.25) is 5.12 Å². The molecule has 0 aromatic heterocycles. The standard InChI is InChI=1S/C7H16NO3PS/c1-3-13-7(9)6(8)4-5-12(2,10)11/h6H,3-5,8H2,1-2H3,(H,10,11). The van der Waals surface area contributed by atoms with Crippen molar-refractivity contribution in [2.24, 2.45) is 5.73 Å². The van der Waals surface area contributed by atoms with Crippen LogP contribution in [0.25, 0.3) is 0 Å². The zero-order valence-corrected chi connectivity index (χ0v) is 9.61. The van der Waals surface area contributed by atoms with Gasteiger partial charge in [0.25, 0.3) is 0 Å². The Balaban J connectivity index is 3.81. The van der Waals surface area contributed by atoms with Gasteiger partial charge in [-0.15, -0.1) is 0 Å². The smallest absolute Gasteiger partial charge is 0.205 e. The Morgan fingerprint density at radius 1 is 1.69 bits per heavy atom. The van der Waals surface area contributed by atoms with Crippen LogP contribution in [-0.2, 0) is 9.36 Å². The van der Waals surface area contributed by atoms with E-state index in [2.05, 4.69) is 0 Å². The van der Waals surface area contributed by atoms with Gasteiger partial charge in [0.15, 0.2) is 7.37 Å². The molecule has 0 aromatic rings. The molecule has 0 saturated carbocycles. The third-order valence-electron chi connectivity index (χ3n) is 1.44. The van der Waals surface area contributed by atoms with Crippen LogP contribution < -0.4 is 5.73 Å². The summed E-state index contributed by atoms with van der Waals surface area (Å²) < 4.78 is 10.9. The number of rotatable bonds is 5. The summed E-state index contributed by atoms with van der Waals surface area (Å²) in [7, 11) is -3.02. The van der Waals surface area contributed by atoms with Crippen LogP contribution in [0.15, 0.2) is 0 Å². The average Bonchev–Trinajstić information content (AvgIpc) is 1.99. The Hall–Kier alpha value is 0.170. The lowest BCUT2D eigenvalue weighted by Crippen LogP contribution is -2.29. The first kappa shape index (κ1) is 13.2. The minimum atomic E-state index is -3.02. The van der Waals surface area contributed by atoms with Crippen molar-refractivity contribution < 1.29 is 14.3 Å². The first-order valence-corrected chi connectivity index (χ1v) is 7.36. The van der Waals surface area contributed by atoms with Crippen LogP contribution in [0.5, 0.6) is 0 Å². The van der Waals surface area contributed by atoms with Crippen molar-refractivity contribution in [1.29, 1.82) is 0 Å². The van der Waals surface area contributed by atoms with Gasteiger partial charge >= 0.3 is 0 Å². The van der Waals surface area contributed by atoms with E-state index in [1.54, 1.807) is 0 Å². The van der Waals surface area contributed by atoms with Crippen molar-refractivity contribution in [2.75, 3.05) is 18.6 Å². The topological polar surface area (TPSA) is 80.4 Å². The molecule has 0 spiro atoms. The lowest BCUT2D eigenvalue weighted by molar-refractivity contribution is -0.112. The predicted molar refractivity (Wildman–Crippen MR) is 56.3 cm³/mol. The van der Waals surface area contributed by atoms with Crippen LogP contribution in [0.2, 0.25) is 0 Å². The Labute approximate surface area is 82.7 Å². The molecule has 0 heterocycles. The Morgan fingerprint density at radius 2 is 2.23 bits per heavy atom. The van der Waals surface area contributed by atoms with Gasteiger partial charge in [-0.05, 0) is 12.2 Å². The van der Waals surface area contributed by atoms with Crippen molar-refractivity contribution >= 4 is 24.2 Å². The molecule has 0 radical (unpaired) electrons. The summed E-state index contributed by atoms with van der Waals surface area (Å²) in [6, 6.07) is -0.606. The van der Waals surface area contributed by atoms with Crippen LogP contribution in [0.4, 0.5) is 0 Å². The van der Waals surface area contributed by atoms with E-state index in [4.69, 9.17) is 10.6 Å². The summed E-state index contributed by atoms with van der Waals surface area (Å²) in [5, 5.41) is -0.101. The molecule has 6 heteroatoms. The molecule has 0 rings (SSSR count). The minimum absolute atomic E-state index is 0.101. The zero-order valence-electron chi connectivity index (χ0n) is 7.90. The number of hydrogen-bond donors (Lipinski definition) is 2. The number of nitrogens with two attached hydrogens (primary N) is 1. The molecule has 0 aromatic carbocycles. The van der Waals surface area contributed by atoms with Gasteiger partial charge in [-0.1, -0.05) is 18.7 Å². The van der Waals surface area contributed by atoms with Crippen molar-refractivity contribution in [3.05, 3.63) is 0 Å². The molecule has 0 aliphatic carbocycles. The van der Waals surface area contributed by atoms with E-state index in [0.29, 0.717) is 5.75 Å². The maximum Gasteiger partial charge on any atom is 0.205 e. The predicted octanol–water partition coefficient (Wildman–Crippen LogP) is 0.884. The van der Waals surface area contributed by atoms with Gasteiger partial charge in [-0.25, -0.2) is 0 Å². The van der Waals surface area contributed by atoms with Gasteiger partial charge in [-0.3, -0.25) is 9.36 Å². The largest absolute Gasteiger partial charge is 0.344 e. The fraction of sp³-hybridized carbons (Fsp3) is 0.857. The molecule has 0 aliphatic rings. The fourth-order valence-corrected chi connectivity index (χ4v) is 2.12. The molecule has 13 heavy (non-hydrogen) atoms. The lowest BCUT2D eigenvalue weighted by atomic mass is 10.3. The maximum atomic E-state index is 11.1. The van der Waals surface area contributed by atoms with Crippen LogP contribution >= 0.6 is 19.1 Å². The molecule has 3 N–H and O–H groups in total. The van der Waals surface area contributed by atoms with Crippen molar-refractivity contribution in [3.8, 4) is 0 Å². The molecule has 0 saturated heterocycles. The Kier molecular flexibility index (Phi) is 5.88. The number of thioether (sulfide) groups is 1. The first-order chi connectivity index (χ1) is 5.87. The zero-order chi connectivity index (χ0) is 10.5. The lowest BCUT2D eigenvalue weighted by Gasteiger charge is -2.10. The quantitative estimate of drug-likeness (QED) is 0.679. The van der Waals surface area contributed by atoms with E-state index < -0.39 is 13.4 Å². The summed E-state index contributed by atoms with van der Waals surface area (Å²) >= 11 is 1.15. The van der Waals surface area contributed by atoms with Crippen LogP contribution in [-0.4, -0.2) is 34.6 Å². The van der Waals surface area contributed by atoms with E-state index in [0.717, 1.165) is 11.8 Å². The van der Waals surface area contributed by atoms with Crippen LogP contribution in [0.1, 0.15) is 13.3 Å². The van der Waals surface area contributed by atoms with E-state index in [9.17, 15) is 9.36 Å². The number of carbonyl (C=O) groups excluding carboxylic acids is 1. The molecule has 4 nitrogen and oxygen atoms in total. The van der Waals surface area contributed by atoms with Gasteiger partial charge in [0.05, 0.1) is 6.04 Å². The van der Waals surface area contributed by atoms with E-state index in [-0.39, 0.29) is 17.7 Å². The van der Waals surface area contributed by atoms with Gasteiger partial charge in [0, 0.05) is 12.8 Å². The molecule has 78 valence electrons. The second-order valence-electron chi connectivity index (χ2n) is 2.92. The average molecular weight is 225 g/mol. The third-order valence-corrected chi connectivity index (χ3v) is 3.41. The maximum absolute atomic E-state index is 11.1. The SMILES string of the molecule is CCSC(=O)C(N)CCP(C)(=O)O. The molecule has 0 bridgehead atoms. The second-order valence-corrected chi connectivity index (χ2v) is 6.74. The van der Waals surface area contributed by atoms with Crippen LogP contribution in [0.3, 0.4) is 0 Å². The highest BCUT2D eigenvalue weighted by Crippen LogP contribution is 2.36. The van der Waals surface area contributed by atoms with Crippen LogP contribution in [0, 0.1) is 0 Å². The summed E-state index contributed by atoms with van der Waals surface area (Å²) in [5.74, 6) is 0.690. The van der Waals surface area contributed by atoms with Crippen molar-refractivity contribution in [2.45, 2.75) is 19.4 Å². The van der Waals surface area contributed by atoms with Gasteiger partial charge in [-0.2, -0.15) is 0 Å². The number of hydrogen-bond acceptors (Lipinski definition) is 4. The van der Waals surface area contributed by atoms with Gasteiger partial charge < -0.3 is 10.6 Å². The van der Waals surface area contributed by atoms with Crippen molar-refractivity contribution in [1.82, 2.24) is 0 Å². The highest BCUT2D eigenvalue weighted by molar-refractivity contribution is 8.13. The van der Waals surface area contributed by atoms with E-state index in [1.807, 2.05) is 6.92 Å². The molecular weight excluding hydrogens is 209 g/mol. The summed E-state index contributed by atoms with van der Waals surface area (Å²) in [6.07, 6.45) is 0.403. The van der Waals surface area contributed by atoms with Crippen molar-refractivity contribution in [3.63, 3.8) is 0 Å².